The standard InChI is InChI=1S/C25H28F2N4O3S/c1-3-17-14-28-25(29-15-17)31-11-9-18(10-12-31)16-34-21-13-20(19-7-5-4-6-8-19)22(26)23(27)24(21)30-35(2,32)33/h4-8,13-15,18,30H,3,9-12,16H2,1-2H3. The minimum atomic E-state index is -3.86. The third kappa shape index (κ3) is 6.05. The van der Waals surface area contributed by atoms with Gasteiger partial charge in [0.1, 0.15) is 11.4 Å². The molecule has 0 aliphatic carbocycles. The lowest BCUT2D eigenvalue weighted by atomic mass is 9.98. The lowest BCUT2D eigenvalue weighted by molar-refractivity contribution is 0.222. The Balaban J connectivity index is 1.50. The molecule has 0 unspecified atom stereocenters. The second kappa shape index (κ2) is 10.6. The molecule has 1 aliphatic heterocycles. The van der Waals surface area contributed by atoms with Gasteiger partial charge in [0, 0.05) is 31.0 Å². The van der Waals surface area contributed by atoms with Crippen molar-refractivity contribution in [2.75, 3.05) is 35.6 Å². The number of halogens is 2. The number of nitrogens with one attached hydrogen (secondary N) is 1. The Hall–Kier alpha value is -3.27. The maximum atomic E-state index is 15.0. The highest BCUT2D eigenvalue weighted by molar-refractivity contribution is 7.92. The van der Waals surface area contributed by atoms with Crippen molar-refractivity contribution < 1.29 is 21.9 Å². The van der Waals surface area contributed by atoms with Crippen LogP contribution in [0, 0.1) is 17.6 Å². The molecule has 186 valence electrons. The topological polar surface area (TPSA) is 84.4 Å². The number of hydrogen-bond donors (Lipinski definition) is 1. The van der Waals surface area contributed by atoms with Crippen molar-refractivity contribution in [2.45, 2.75) is 26.2 Å². The fraction of sp³-hybridized carbons (Fsp3) is 0.360. The van der Waals surface area contributed by atoms with E-state index < -0.39 is 27.3 Å². The Morgan fingerprint density at radius 2 is 1.74 bits per heavy atom. The first-order valence-corrected chi connectivity index (χ1v) is 13.4. The van der Waals surface area contributed by atoms with E-state index in [1.165, 1.54) is 6.07 Å². The first-order chi connectivity index (χ1) is 16.7. The zero-order valence-electron chi connectivity index (χ0n) is 19.7. The van der Waals surface area contributed by atoms with E-state index in [1.54, 1.807) is 30.3 Å². The fourth-order valence-corrected chi connectivity index (χ4v) is 4.59. The van der Waals surface area contributed by atoms with E-state index in [0.717, 1.165) is 44.2 Å². The van der Waals surface area contributed by atoms with Gasteiger partial charge in [0.15, 0.2) is 11.6 Å². The number of hydrogen-bond acceptors (Lipinski definition) is 6. The third-order valence-electron chi connectivity index (χ3n) is 6.01. The molecule has 1 N–H and O–H groups in total. The highest BCUT2D eigenvalue weighted by Gasteiger charge is 2.25. The molecule has 1 aliphatic rings. The molecular weight excluding hydrogens is 474 g/mol. The van der Waals surface area contributed by atoms with Gasteiger partial charge in [-0.05, 0) is 42.4 Å². The van der Waals surface area contributed by atoms with Crippen molar-refractivity contribution in [3.8, 4) is 16.9 Å². The summed E-state index contributed by atoms with van der Waals surface area (Å²) in [4.78, 5) is 11.0. The molecule has 0 bridgehead atoms. The summed E-state index contributed by atoms with van der Waals surface area (Å²) in [6, 6.07) is 9.84. The van der Waals surface area contributed by atoms with Gasteiger partial charge in [-0.1, -0.05) is 37.3 Å². The lowest BCUT2D eigenvalue weighted by Crippen LogP contribution is -2.36. The van der Waals surface area contributed by atoms with E-state index in [1.807, 2.05) is 12.4 Å². The van der Waals surface area contributed by atoms with E-state index in [4.69, 9.17) is 4.74 Å². The molecule has 0 spiro atoms. The summed E-state index contributed by atoms with van der Waals surface area (Å²) in [5.74, 6) is -1.64. The van der Waals surface area contributed by atoms with E-state index in [-0.39, 0.29) is 23.8 Å². The summed E-state index contributed by atoms with van der Waals surface area (Å²) in [6.07, 6.45) is 7.02. The number of ether oxygens (including phenoxy) is 1. The van der Waals surface area contributed by atoms with E-state index in [2.05, 4.69) is 26.5 Å². The van der Waals surface area contributed by atoms with Gasteiger partial charge in [0.05, 0.1) is 12.9 Å². The monoisotopic (exact) mass is 502 g/mol. The van der Waals surface area contributed by atoms with Crippen molar-refractivity contribution >= 4 is 21.7 Å². The van der Waals surface area contributed by atoms with Gasteiger partial charge >= 0.3 is 0 Å². The Morgan fingerprint density at radius 3 is 2.34 bits per heavy atom. The van der Waals surface area contributed by atoms with Crippen molar-refractivity contribution in [1.82, 2.24) is 9.97 Å². The molecule has 35 heavy (non-hydrogen) atoms. The third-order valence-corrected chi connectivity index (χ3v) is 6.59. The highest BCUT2D eigenvalue weighted by atomic mass is 32.2. The predicted octanol–water partition coefficient (Wildman–Crippen LogP) is 4.65. The predicted molar refractivity (Wildman–Crippen MR) is 132 cm³/mol. The van der Waals surface area contributed by atoms with Gasteiger partial charge in [0.25, 0.3) is 0 Å². The Kier molecular flexibility index (Phi) is 7.49. The maximum Gasteiger partial charge on any atom is 0.230 e. The Labute approximate surface area is 204 Å². The van der Waals surface area contributed by atoms with Crippen LogP contribution in [0.2, 0.25) is 0 Å². The van der Waals surface area contributed by atoms with Crippen LogP contribution in [0.3, 0.4) is 0 Å². The molecule has 0 atom stereocenters. The molecule has 7 nitrogen and oxygen atoms in total. The maximum absolute atomic E-state index is 15.0. The molecule has 3 aromatic rings. The normalized spacial score (nSPS) is 14.7. The first kappa shape index (κ1) is 24.8. The smallest absolute Gasteiger partial charge is 0.230 e. The summed E-state index contributed by atoms with van der Waals surface area (Å²) in [6.45, 7) is 3.76. The minimum Gasteiger partial charge on any atom is -0.491 e. The van der Waals surface area contributed by atoms with Crippen LogP contribution in [-0.2, 0) is 16.4 Å². The number of anilines is 2. The van der Waals surface area contributed by atoms with Gasteiger partial charge < -0.3 is 9.64 Å². The quantitative estimate of drug-likeness (QED) is 0.483. The number of sulfonamides is 1. The number of nitrogens with zero attached hydrogens (tertiary/aromatic N) is 3. The van der Waals surface area contributed by atoms with E-state index in [0.29, 0.717) is 11.5 Å². The summed E-state index contributed by atoms with van der Waals surface area (Å²) in [7, 11) is -3.86. The molecule has 2 heterocycles. The van der Waals surface area contributed by atoms with Crippen LogP contribution < -0.4 is 14.4 Å². The molecule has 4 rings (SSSR count). The largest absolute Gasteiger partial charge is 0.491 e. The number of rotatable bonds is 8. The summed E-state index contributed by atoms with van der Waals surface area (Å²) >= 11 is 0. The van der Waals surface area contributed by atoms with E-state index >= 15 is 0 Å². The minimum absolute atomic E-state index is 0.000328. The van der Waals surface area contributed by atoms with E-state index in [9.17, 15) is 17.2 Å². The molecule has 0 radical (unpaired) electrons. The van der Waals surface area contributed by atoms with Gasteiger partial charge in [-0.15, -0.1) is 0 Å². The van der Waals surface area contributed by atoms with Gasteiger partial charge in [-0.3, -0.25) is 4.72 Å². The summed E-state index contributed by atoms with van der Waals surface area (Å²) < 4.78 is 61.5. The van der Waals surface area contributed by atoms with Crippen LogP contribution in [0.4, 0.5) is 20.4 Å². The second-order valence-corrected chi connectivity index (χ2v) is 10.4. The number of aromatic nitrogens is 2. The molecule has 1 fully saturated rings. The van der Waals surface area contributed by atoms with Crippen LogP contribution in [0.15, 0.2) is 48.8 Å². The first-order valence-electron chi connectivity index (χ1n) is 11.5. The van der Waals surface area contributed by atoms with Crippen molar-refractivity contribution in [3.63, 3.8) is 0 Å². The average Bonchev–Trinajstić information content (AvgIpc) is 2.86. The van der Waals surface area contributed by atoms with Gasteiger partial charge in [-0.25, -0.2) is 27.2 Å². The van der Waals surface area contributed by atoms with Crippen LogP contribution in [0.25, 0.3) is 11.1 Å². The molecule has 10 heteroatoms. The molecular formula is C25H28F2N4O3S. The fourth-order valence-electron chi connectivity index (χ4n) is 4.03. The zero-order valence-corrected chi connectivity index (χ0v) is 20.5. The van der Waals surface area contributed by atoms with Crippen molar-refractivity contribution in [3.05, 3.63) is 66.0 Å². The van der Waals surface area contributed by atoms with Crippen molar-refractivity contribution in [1.29, 1.82) is 0 Å². The number of aryl methyl sites for hydroxylation is 1. The molecule has 0 amide bonds. The lowest BCUT2D eigenvalue weighted by Gasteiger charge is -2.32. The van der Waals surface area contributed by atoms with Crippen LogP contribution in [-0.4, -0.2) is 44.3 Å². The molecule has 0 saturated carbocycles. The number of piperidine rings is 1. The molecule has 1 aromatic heterocycles. The highest BCUT2D eigenvalue weighted by Crippen LogP contribution is 2.38. The second-order valence-electron chi connectivity index (χ2n) is 8.65. The Morgan fingerprint density at radius 1 is 1.09 bits per heavy atom. The van der Waals surface area contributed by atoms with Crippen molar-refractivity contribution in [2.24, 2.45) is 5.92 Å². The number of benzene rings is 2. The zero-order chi connectivity index (χ0) is 25.0. The average molecular weight is 503 g/mol. The summed E-state index contributed by atoms with van der Waals surface area (Å²) in [5, 5.41) is 0. The van der Waals surface area contributed by atoms with Gasteiger partial charge in [-0.2, -0.15) is 0 Å². The summed E-state index contributed by atoms with van der Waals surface area (Å²) in [5.41, 5.74) is 1.02. The molecule has 2 aromatic carbocycles. The SMILES string of the molecule is CCc1cnc(N2CCC(COc3cc(-c4ccccc4)c(F)c(F)c3NS(C)(=O)=O)CC2)nc1. The van der Waals surface area contributed by atoms with Crippen LogP contribution in [0.5, 0.6) is 5.75 Å². The van der Waals surface area contributed by atoms with Gasteiger partial charge in [0.2, 0.25) is 16.0 Å². The molecule has 1 saturated heterocycles. The Bertz CT molecular complexity index is 1260. The van der Waals surface area contributed by atoms with Crippen LogP contribution in [0.1, 0.15) is 25.3 Å². The van der Waals surface area contributed by atoms with Crippen LogP contribution >= 0.6 is 0 Å².